The normalized spacial score (nSPS) is 45.2. The molecule has 0 radical (unpaired) electrons. The summed E-state index contributed by atoms with van der Waals surface area (Å²) >= 11 is 15.2. The van der Waals surface area contributed by atoms with Crippen LogP contribution in [-0.4, -0.2) is 18.3 Å². The van der Waals surface area contributed by atoms with E-state index in [4.69, 9.17) is 0 Å². The van der Waals surface area contributed by atoms with Gasteiger partial charge in [-0.15, -0.1) is 0 Å². The third-order valence-corrected chi connectivity index (χ3v) is 7.45. The van der Waals surface area contributed by atoms with Gasteiger partial charge < -0.3 is 0 Å². The van der Waals surface area contributed by atoms with Gasteiger partial charge >= 0.3 is 0 Å². The van der Waals surface area contributed by atoms with E-state index in [9.17, 15) is 0 Å². The smallest absolute Gasteiger partial charge is 0.0365 e. The van der Waals surface area contributed by atoms with Crippen LogP contribution in [0.15, 0.2) is 0 Å². The Morgan fingerprint density at radius 2 is 1.79 bits per heavy atom. The van der Waals surface area contributed by atoms with Gasteiger partial charge in [0.2, 0.25) is 0 Å². The average molecular weight is 456 g/mol. The summed E-state index contributed by atoms with van der Waals surface area (Å²) < 4.78 is 0.423. The molecular weight excluding hydrogens is 440 g/mol. The highest BCUT2D eigenvalue weighted by molar-refractivity contribution is 9.12. The van der Waals surface area contributed by atoms with Crippen molar-refractivity contribution in [1.29, 1.82) is 0 Å². The molecule has 0 aromatic heterocycles. The third kappa shape index (κ3) is 3.21. The molecule has 1 aliphatic rings. The van der Waals surface area contributed by atoms with Crippen molar-refractivity contribution in [3.8, 4) is 0 Å². The van der Waals surface area contributed by atoms with E-state index in [1.54, 1.807) is 0 Å². The molecule has 1 fully saturated rings. The average Bonchev–Trinajstić information content (AvgIpc) is 1.93. The van der Waals surface area contributed by atoms with Gasteiger partial charge in [0, 0.05) is 18.3 Å². The Kier molecular flexibility index (Phi) is 4.65. The summed E-state index contributed by atoms with van der Waals surface area (Å²) in [7, 11) is 0. The van der Waals surface area contributed by atoms with Crippen molar-refractivity contribution >= 4 is 63.7 Å². The highest BCUT2D eigenvalue weighted by atomic mass is 79.9. The van der Waals surface area contributed by atoms with Crippen LogP contribution in [0.3, 0.4) is 0 Å². The molecule has 0 aromatic carbocycles. The molecule has 0 saturated heterocycles. The first kappa shape index (κ1) is 14.0. The van der Waals surface area contributed by atoms with Gasteiger partial charge in [-0.2, -0.15) is 0 Å². The van der Waals surface area contributed by atoms with Crippen LogP contribution in [-0.2, 0) is 0 Å². The maximum atomic E-state index is 3.81. The maximum Gasteiger partial charge on any atom is 0.0365 e. The Hall–Kier alpha value is 1.92. The van der Waals surface area contributed by atoms with Gasteiger partial charge in [-0.1, -0.05) is 63.7 Å². The van der Waals surface area contributed by atoms with Crippen molar-refractivity contribution in [2.75, 3.05) is 0 Å². The Labute approximate surface area is 120 Å². The molecule has 1 saturated carbocycles. The molecule has 0 amide bonds. The number of hydrogen-bond acceptors (Lipinski definition) is 0. The molecule has 0 heterocycles. The number of halogens is 4. The van der Waals surface area contributed by atoms with E-state index in [0.717, 1.165) is 6.42 Å². The van der Waals surface area contributed by atoms with Crippen molar-refractivity contribution in [3.05, 3.63) is 0 Å². The maximum absolute atomic E-state index is 3.81. The minimum Gasteiger partial charge on any atom is -0.0887 e. The molecule has 0 aliphatic heterocycles. The fraction of sp³-hybridized carbons (Fsp3) is 1.00. The van der Waals surface area contributed by atoms with Crippen LogP contribution in [0.1, 0.15) is 33.6 Å². The van der Waals surface area contributed by atoms with Gasteiger partial charge in [0.15, 0.2) is 0 Å². The van der Waals surface area contributed by atoms with Gasteiger partial charge in [0.05, 0.1) is 0 Å². The molecule has 4 atom stereocenters. The van der Waals surface area contributed by atoms with Crippen LogP contribution in [0.2, 0.25) is 0 Å². The predicted octanol–water partition coefficient (Wildman–Crippen LogP) is 5.25. The van der Waals surface area contributed by atoms with Crippen molar-refractivity contribution in [2.45, 2.75) is 51.9 Å². The SMILES string of the molecule is CC(C)(Br)[C@@H]1C[C@@H](Br)[C@](C)(Br)C[C@@H]1Br. The van der Waals surface area contributed by atoms with Crippen LogP contribution < -0.4 is 0 Å². The lowest BCUT2D eigenvalue weighted by Crippen LogP contribution is -2.46. The predicted molar refractivity (Wildman–Crippen MR) is 78.5 cm³/mol. The summed E-state index contributed by atoms with van der Waals surface area (Å²) in [4.78, 5) is 1.13. The minimum absolute atomic E-state index is 0.205. The van der Waals surface area contributed by atoms with E-state index < -0.39 is 0 Å². The largest absolute Gasteiger partial charge is 0.0887 e. The summed E-state index contributed by atoms with van der Waals surface area (Å²) in [6.45, 7) is 6.77. The summed E-state index contributed by atoms with van der Waals surface area (Å²) in [6, 6.07) is 0. The van der Waals surface area contributed by atoms with Crippen LogP contribution in [0, 0.1) is 5.92 Å². The summed E-state index contributed by atoms with van der Waals surface area (Å²) in [5.74, 6) is 0.664. The Balaban J connectivity index is 2.77. The molecule has 4 heteroatoms. The Morgan fingerprint density at radius 1 is 1.29 bits per heavy atom. The molecule has 1 rings (SSSR count). The van der Waals surface area contributed by atoms with Crippen LogP contribution in [0.5, 0.6) is 0 Å². The zero-order chi connectivity index (χ0) is 11.1. The summed E-state index contributed by atoms with van der Waals surface area (Å²) in [5, 5.41) is 0. The summed E-state index contributed by atoms with van der Waals surface area (Å²) in [6.07, 6.45) is 2.35. The Bertz CT molecular complexity index is 207. The monoisotopic (exact) mass is 452 g/mol. The van der Waals surface area contributed by atoms with Crippen molar-refractivity contribution in [2.24, 2.45) is 5.92 Å². The van der Waals surface area contributed by atoms with Gasteiger partial charge in [0.25, 0.3) is 0 Å². The van der Waals surface area contributed by atoms with E-state index >= 15 is 0 Å². The zero-order valence-corrected chi connectivity index (χ0v) is 15.0. The first-order valence-corrected chi connectivity index (χ1v) is 8.22. The zero-order valence-electron chi connectivity index (χ0n) is 8.66. The Morgan fingerprint density at radius 3 is 2.21 bits per heavy atom. The van der Waals surface area contributed by atoms with Crippen molar-refractivity contribution in [3.63, 3.8) is 0 Å². The third-order valence-electron chi connectivity index (χ3n) is 3.03. The molecule has 1 aliphatic carbocycles. The van der Waals surface area contributed by atoms with Gasteiger partial charge in [-0.3, -0.25) is 0 Å². The molecule has 0 unspecified atom stereocenters. The molecule has 84 valence electrons. The standard InChI is InChI=1S/C10H16Br4/c1-9(2,13)6-4-8(12)10(3,14)5-7(6)11/h6-8H,4-5H2,1-3H3/t6-,7+,8-,10-/m1/s1. The molecule has 0 nitrogen and oxygen atoms in total. The van der Waals surface area contributed by atoms with E-state index in [1.165, 1.54) is 6.42 Å². The lowest BCUT2D eigenvalue weighted by Gasteiger charge is -2.45. The minimum atomic E-state index is 0.205. The molecular formula is C10H16Br4. The van der Waals surface area contributed by atoms with Crippen LogP contribution in [0.25, 0.3) is 0 Å². The second-order valence-corrected chi connectivity index (χ2v) is 11.0. The first-order chi connectivity index (χ1) is 6.14. The van der Waals surface area contributed by atoms with E-state index in [1.807, 2.05) is 0 Å². The fourth-order valence-electron chi connectivity index (χ4n) is 1.98. The van der Waals surface area contributed by atoms with Crippen molar-refractivity contribution < 1.29 is 0 Å². The fourth-order valence-corrected chi connectivity index (χ4v) is 5.95. The van der Waals surface area contributed by atoms with Gasteiger partial charge in [-0.25, -0.2) is 0 Å². The van der Waals surface area contributed by atoms with E-state index in [2.05, 4.69) is 84.5 Å². The molecule has 0 aromatic rings. The number of hydrogen-bond donors (Lipinski definition) is 0. The first-order valence-electron chi connectivity index (χ1n) is 4.80. The van der Waals surface area contributed by atoms with E-state index in [0.29, 0.717) is 15.6 Å². The summed E-state index contributed by atoms with van der Waals surface area (Å²) in [5.41, 5.74) is 0. The second kappa shape index (κ2) is 4.66. The molecule has 0 spiro atoms. The number of alkyl halides is 4. The number of rotatable bonds is 1. The lowest BCUT2D eigenvalue weighted by molar-refractivity contribution is 0.303. The van der Waals surface area contributed by atoms with Crippen LogP contribution >= 0.6 is 63.7 Å². The van der Waals surface area contributed by atoms with Crippen molar-refractivity contribution in [1.82, 2.24) is 0 Å². The lowest BCUT2D eigenvalue weighted by atomic mass is 9.77. The topological polar surface area (TPSA) is 0 Å². The highest BCUT2D eigenvalue weighted by Gasteiger charge is 2.45. The quantitative estimate of drug-likeness (QED) is 0.474. The van der Waals surface area contributed by atoms with Crippen LogP contribution in [0.4, 0.5) is 0 Å². The second-order valence-electron chi connectivity index (χ2n) is 4.87. The van der Waals surface area contributed by atoms with E-state index in [-0.39, 0.29) is 8.65 Å². The van der Waals surface area contributed by atoms with Gasteiger partial charge in [-0.05, 0) is 39.5 Å². The van der Waals surface area contributed by atoms with Gasteiger partial charge in [0.1, 0.15) is 0 Å². The molecule has 0 bridgehead atoms. The molecule has 14 heavy (non-hydrogen) atoms. The molecule has 0 N–H and O–H groups in total. The highest BCUT2D eigenvalue weighted by Crippen LogP contribution is 2.49.